The average molecular weight is 294 g/mol. The SMILES string of the molecule is O=c1cc(Br)c2cc3c4c(c2o1)NCN4CN3. The molecule has 0 fully saturated rings. The molecule has 0 saturated carbocycles. The van der Waals surface area contributed by atoms with Crippen LogP contribution in [0.25, 0.3) is 11.0 Å². The number of nitrogens with one attached hydrogen (secondary N) is 2. The molecule has 3 heterocycles. The van der Waals surface area contributed by atoms with Gasteiger partial charge in [0, 0.05) is 15.9 Å². The Hall–Kier alpha value is -1.69. The van der Waals surface area contributed by atoms with E-state index >= 15 is 0 Å². The highest BCUT2D eigenvalue weighted by atomic mass is 79.9. The maximum atomic E-state index is 11.4. The van der Waals surface area contributed by atoms with Gasteiger partial charge in [0.1, 0.15) is 5.69 Å². The molecule has 0 bridgehead atoms. The molecule has 17 heavy (non-hydrogen) atoms. The quantitative estimate of drug-likeness (QED) is 0.729. The summed E-state index contributed by atoms with van der Waals surface area (Å²) in [6, 6.07) is 3.46. The van der Waals surface area contributed by atoms with Crippen LogP contribution in [-0.2, 0) is 0 Å². The second kappa shape index (κ2) is 2.95. The van der Waals surface area contributed by atoms with Crippen molar-refractivity contribution < 1.29 is 4.42 Å². The predicted molar refractivity (Wildman–Crippen MR) is 69.6 cm³/mol. The topological polar surface area (TPSA) is 57.5 Å². The number of anilines is 3. The van der Waals surface area contributed by atoms with E-state index < -0.39 is 0 Å². The summed E-state index contributed by atoms with van der Waals surface area (Å²) in [5, 5.41) is 7.50. The Labute approximate surface area is 105 Å². The highest BCUT2D eigenvalue weighted by molar-refractivity contribution is 9.10. The van der Waals surface area contributed by atoms with E-state index in [2.05, 4.69) is 31.5 Å². The summed E-state index contributed by atoms with van der Waals surface area (Å²) in [6.07, 6.45) is 0. The number of halogens is 1. The van der Waals surface area contributed by atoms with Gasteiger partial charge in [-0.05, 0) is 22.0 Å². The van der Waals surface area contributed by atoms with Gasteiger partial charge >= 0.3 is 5.63 Å². The zero-order valence-electron chi connectivity index (χ0n) is 8.71. The van der Waals surface area contributed by atoms with Crippen molar-refractivity contribution in [3.05, 3.63) is 27.0 Å². The van der Waals surface area contributed by atoms with Crippen molar-refractivity contribution in [3.63, 3.8) is 0 Å². The van der Waals surface area contributed by atoms with Gasteiger partial charge in [0.25, 0.3) is 0 Å². The van der Waals surface area contributed by atoms with E-state index in [0.717, 1.165) is 40.3 Å². The first kappa shape index (κ1) is 9.35. The fourth-order valence-electron chi connectivity index (χ4n) is 2.45. The van der Waals surface area contributed by atoms with Crippen LogP contribution in [0.2, 0.25) is 0 Å². The fourth-order valence-corrected chi connectivity index (χ4v) is 2.93. The van der Waals surface area contributed by atoms with Gasteiger partial charge in [0.15, 0.2) is 5.58 Å². The van der Waals surface area contributed by atoms with Crippen molar-refractivity contribution in [2.75, 3.05) is 28.9 Å². The van der Waals surface area contributed by atoms with Crippen LogP contribution in [0.1, 0.15) is 0 Å². The zero-order valence-corrected chi connectivity index (χ0v) is 10.3. The highest BCUT2D eigenvalue weighted by Crippen LogP contribution is 2.47. The minimum Gasteiger partial charge on any atom is -0.420 e. The van der Waals surface area contributed by atoms with Crippen molar-refractivity contribution in [1.82, 2.24) is 0 Å². The summed E-state index contributed by atoms with van der Waals surface area (Å²) in [6.45, 7) is 1.53. The predicted octanol–water partition coefficient (Wildman–Crippen LogP) is 2.13. The second-order valence-corrected chi connectivity index (χ2v) is 5.00. The number of fused-ring (bicyclic) bond motifs is 2. The lowest BCUT2D eigenvalue weighted by atomic mass is 10.1. The van der Waals surface area contributed by atoms with Crippen LogP contribution in [0.4, 0.5) is 17.1 Å². The van der Waals surface area contributed by atoms with Crippen LogP contribution in [0.5, 0.6) is 0 Å². The summed E-state index contributed by atoms with van der Waals surface area (Å²) >= 11 is 3.40. The van der Waals surface area contributed by atoms with Gasteiger partial charge in [-0.1, -0.05) is 0 Å². The number of hydrogen-bond donors (Lipinski definition) is 2. The maximum Gasteiger partial charge on any atom is 0.337 e. The van der Waals surface area contributed by atoms with Crippen LogP contribution >= 0.6 is 15.9 Å². The van der Waals surface area contributed by atoms with E-state index in [9.17, 15) is 4.79 Å². The first-order chi connectivity index (χ1) is 8.24. The smallest absolute Gasteiger partial charge is 0.337 e. The molecular weight excluding hydrogens is 286 g/mol. The van der Waals surface area contributed by atoms with Crippen molar-refractivity contribution in [1.29, 1.82) is 0 Å². The molecule has 2 aliphatic heterocycles. The molecule has 0 atom stereocenters. The molecule has 1 aromatic carbocycles. The van der Waals surface area contributed by atoms with Crippen molar-refractivity contribution in [3.8, 4) is 0 Å². The van der Waals surface area contributed by atoms with Crippen LogP contribution < -0.4 is 21.2 Å². The van der Waals surface area contributed by atoms with Crippen molar-refractivity contribution >= 4 is 44.0 Å². The van der Waals surface area contributed by atoms with Gasteiger partial charge in [0.2, 0.25) is 0 Å². The minimum atomic E-state index is -0.341. The Bertz CT molecular complexity index is 710. The van der Waals surface area contributed by atoms with Gasteiger partial charge in [-0.2, -0.15) is 0 Å². The van der Waals surface area contributed by atoms with E-state index in [1.54, 1.807) is 0 Å². The van der Waals surface area contributed by atoms with E-state index in [0.29, 0.717) is 5.58 Å². The van der Waals surface area contributed by atoms with E-state index in [1.807, 2.05) is 6.07 Å². The molecule has 6 heteroatoms. The third kappa shape index (κ3) is 1.10. The second-order valence-electron chi connectivity index (χ2n) is 4.15. The van der Waals surface area contributed by atoms with Gasteiger partial charge in [-0.25, -0.2) is 4.79 Å². The van der Waals surface area contributed by atoms with Crippen LogP contribution in [0.15, 0.2) is 25.8 Å². The largest absolute Gasteiger partial charge is 0.420 e. The molecule has 2 N–H and O–H groups in total. The minimum absolute atomic E-state index is 0.341. The molecule has 0 radical (unpaired) electrons. The Morgan fingerprint density at radius 1 is 1.29 bits per heavy atom. The normalized spacial score (nSPS) is 15.9. The summed E-state index contributed by atoms with van der Waals surface area (Å²) in [5.41, 5.74) is 3.35. The first-order valence-electron chi connectivity index (χ1n) is 5.27. The lowest BCUT2D eigenvalue weighted by molar-refractivity contribution is 0.561. The van der Waals surface area contributed by atoms with Crippen LogP contribution in [0.3, 0.4) is 0 Å². The molecule has 0 aliphatic carbocycles. The number of hydrogen-bond acceptors (Lipinski definition) is 5. The van der Waals surface area contributed by atoms with E-state index in [4.69, 9.17) is 4.42 Å². The third-order valence-electron chi connectivity index (χ3n) is 3.18. The molecule has 4 rings (SSSR count). The monoisotopic (exact) mass is 293 g/mol. The molecule has 1 aromatic heterocycles. The molecule has 2 aliphatic rings. The Balaban J connectivity index is 2.22. The van der Waals surface area contributed by atoms with E-state index in [1.165, 1.54) is 6.07 Å². The Kier molecular flexibility index (Phi) is 1.62. The van der Waals surface area contributed by atoms with Crippen LogP contribution in [-0.4, -0.2) is 13.3 Å². The van der Waals surface area contributed by atoms with Crippen molar-refractivity contribution in [2.24, 2.45) is 0 Å². The molecule has 86 valence electrons. The molecule has 0 amide bonds. The molecule has 0 saturated heterocycles. The van der Waals surface area contributed by atoms with Gasteiger partial charge in [0.05, 0.1) is 24.7 Å². The zero-order chi connectivity index (χ0) is 11.6. The van der Waals surface area contributed by atoms with Crippen molar-refractivity contribution in [2.45, 2.75) is 0 Å². The Morgan fingerprint density at radius 2 is 2.12 bits per heavy atom. The molecule has 0 spiro atoms. The lowest BCUT2D eigenvalue weighted by Crippen LogP contribution is -2.23. The number of rotatable bonds is 0. The van der Waals surface area contributed by atoms with E-state index in [-0.39, 0.29) is 5.63 Å². The molecule has 5 nitrogen and oxygen atoms in total. The molecule has 2 aromatic rings. The van der Waals surface area contributed by atoms with Crippen LogP contribution in [0, 0.1) is 0 Å². The summed E-state index contributed by atoms with van der Waals surface area (Å²) in [4.78, 5) is 13.6. The van der Waals surface area contributed by atoms with Gasteiger partial charge in [-0.3, -0.25) is 0 Å². The standard InChI is InChI=1S/C11H8BrN3O2/c12-6-2-8(16)17-11-5(6)1-7-10-9(11)14-4-15(10)3-13-7/h1-2,13-14H,3-4H2. The first-order valence-corrected chi connectivity index (χ1v) is 6.06. The third-order valence-corrected chi connectivity index (χ3v) is 3.84. The average Bonchev–Trinajstić information content (AvgIpc) is 2.86. The summed E-state index contributed by atoms with van der Waals surface area (Å²) in [5.74, 6) is 0. The lowest BCUT2D eigenvalue weighted by Gasteiger charge is -2.07. The summed E-state index contributed by atoms with van der Waals surface area (Å²) in [7, 11) is 0. The fraction of sp³-hybridized carbons (Fsp3) is 0.182. The highest BCUT2D eigenvalue weighted by Gasteiger charge is 2.30. The Morgan fingerprint density at radius 3 is 3.00 bits per heavy atom. The van der Waals surface area contributed by atoms with Gasteiger partial charge in [-0.15, -0.1) is 0 Å². The molecule has 0 unspecified atom stereocenters. The summed E-state index contributed by atoms with van der Waals surface area (Å²) < 4.78 is 6.07. The number of benzene rings is 1. The van der Waals surface area contributed by atoms with Gasteiger partial charge < -0.3 is 20.0 Å². The number of nitrogens with zero attached hydrogens (tertiary/aromatic N) is 1. The maximum absolute atomic E-state index is 11.4. The molecular formula is C11H8BrN3O2.